The number of para-hydroxylation sites is 2. The van der Waals surface area contributed by atoms with E-state index >= 15 is 0 Å². The normalized spacial score (nSPS) is 11.6. The Morgan fingerprint density at radius 3 is 2.37 bits per heavy atom. The second-order valence-corrected chi connectivity index (χ2v) is 7.93. The van der Waals surface area contributed by atoms with E-state index in [1.807, 2.05) is 19.1 Å². The van der Waals surface area contributed by atoms with Crippen LogP contribution in [0, 0.1) is 0 Å². The summed E-state index contributed by atoms with van der Waals surface area (Å²) in [5.74, 6) is 1.23. The molecule has 196 valence electrons. The number of aromatic nitrogens is 5. The smallest absolute Gasteiger partial charge is 0.490 e. The number of hydrogen-bond acceptors (Lipinski definition) is 8. The average molecular weight is 527 g/mol. The number of fused-ring (bicyclic) bond motifs is 1. The summed E-state index contributed by atoms with van der Waals surface area (Å²) in [6.45, 7) is 2.33. The third kappa shape index (κ3) is 5.61. The predicted molar refractivity (Wildman–Crippen MR) is 127 cm³/mol. The first-order valence-electron chi connectivity index (χ1n) is 11.4. The molecular weight excluding hydrogens is 507 g/mol. The molecule has 0 atom stereocenters. The first kappa shape index (κ1) is 24.9. The van der Waals surface area contributed by atoms with Crippen LogP contribution in [0.1, 0.15) is 18.6 Å². The molecule has 0 N–H and O–H groups in total. The van der Waals surface area contributed by atoms with E-state index in [0.717, 1.165) is 0 Å². The Bertz CT molecular complexity index is 1610. The van der Waals surface area contributed by atoms with Crippen molar-refractivity contribution in [1.29, 1.82) is 0 Å². The highest BCUT2D eigenvalue weighted by atomic mass is 19.4. The van der Waals surface area contributed by atoms with Crippen LogP contribution in [-0.4, -0.2) is 37.3 Å². The number of nitrogens with zero attached hydrogens (tertiary/aromatic N) is 5. The van der Waals surface area contributed by atoms with E-state index in [1.165, 1.54) is 33.3 Å². The minimum atomic E-state index is -4.77. The number of alkyl halides is 3. The van der Waals surface area contributed by atoms with Crippen molar-refractivity contribution in [2.24, 2.45) is 0 Å². The van der Waals surface area contributed by atoms with Crippen molar-refractivity contribution >= 4 is 5.65 Å². The number of benzene rings is 2. The van der Waals surface area contributed by atoms with Crippen LogP contribution in [0.5, 0.6) is 17.2 Å². The van der Waals surface area contributed by atoms with Crippen LogP contribution in [0.2, 0.25) is 0 Å². The minimum Gasteiger partial charge on any atom is -0.490 e. The van der Waals surface area contributed by atoms with Crippen LogP contribution >= 0.6 is 0 Å². The third-order valence-electron chi connectivity index (χ3n) is 5.30. The summed E-state index contributed by atoms with van der Waals surface area (Å²) in [4.78, 5) is 17.2. The zero-order chi connectivity index (χ0) is 26.7. The molecule has 3 heterocycles. The minimum absolute atomic E-state index is 0.00725. The Hall–Kier alpha value is -4.81. The summed E-state index contributed by atoms with van der Waals surface area (Å²) < 4.78 is 60.1. The highest BCUT2D eigenvalue weighted by molar-refractivity contribution is 5.65. The van der Waals surface area contributed by atoms with Gasteiger partial charge in [-0.15, -0.1) is 18.3 Å². The maximum absolute atomic E-state index is 12.9. The number of ether oxygens (including phenoxy) is 3. The zero-order valence-electron chi connectivity index (χ0n) is 19.9. The van der Waals surface area contributed by atoms with E-state index < -0.39 is 12.1 Å². The first-order chi connectivity index (χ1) is 18.3. The van der Waals surface area contributed by atoms with Crippen molar-refractivity contribution in [2.45, 2.75) is 26.4 Å². The maximum atomic E-state index is 12.9. The zero-order valence-corrected chi connectivity index (χ0v) is 19.9. The highest BCUT2D eigenvalue weighted by Gasteiger charge is 2.31. The molecule has 2 aromatic carbocycles. The highest BCUT2D eigenvalue weighted by Crippen LogP contribution is 2.28. The third-order valence-corrected chi connectivity index (χ3v) is 5.30. The molecule has 0 aliphatic rings. The molecule has 5 aromatic rings. The molecule has 38 heavy (non-hydrogen) atoms. The number of rotatable bonds is 9. The predicted octanol–water partition coefficient (Wildman–Crippen LogP) is 4.47. The van der Waals surface area contributed by atoms with E-state index in [0.29, 0.717) is 34.9 Å². The monoisotopic (exact) mass is 527 g/mol. The van der Waals surface area contributed by atoms with E-state index in [1.54, 1.807) is 30.5 Å². The first-order valence-corrected chi connectivity index (χ1v) is 11.4. The lowest BCUT2D eigenvalue weighted by molar-refractivity contribution is -0.274. The summed E-state index contributed by atoms with van der Waals surface area (Å²) in [5, 5.41) is 8.18. The lowest BCUT2D eigenvalue weighted by atomic mass is 10.1. The lowest BCUT2D eigenvalue weighted by Gasteiger charge is -2.09. The summed E-state index contributed by atoms with van der Waals surface area (Å²) in [6, 6.07) is 15.9. The van der Waals surface area contributed by atoms with Gasteiger partial charge in [0.25, 0.3) is 5.89 Å². The molecule has 13 heteroatoms. The summed E-state index contributed by atoms with van der Waals surface area (Å²) in [6.07, 6.45) is -3.23. The van der Waals surface area contributed by atoms with Gasteiger partial charge >= 0.3 is 12.1 Å². The lowest BCUT2D eigenvalue weighted by Crippen LogP contribution is -2.22. The number of pyridine rings is 1. The topological polar surface area (TPSA) is 106 Å². The SMILES string of the molecule is CCOc1ccccc1OCc1nc(Cn2nc3ccc(-c4ccc(OC(F)(F)F)cc4)cn3c2=O)no1. The quantitative estimate of drug-likeness (QED) is 0.277. The van der Waals surface area contributed by atoms with Crippen molar-refractivity contribution in [3.05, 3.63) is 89.1 Å². The van der Waals surface area contributed by atoms with Crippen molar-refractivity contribution < 1.29 is 31.9 Å². The molecule has 5 rings (SSSR count). The fraction of sp³-hybridized carbons (Fsp3) is 0.200. The molecule has 0 unspecified atom stereocenters. The second-order valence-electron chi connectivity index (χ2n) is 7.93. The average Bonchev–Trinajstić information content (AvgIpc) is 3.47. The van der Waals surface area contributed by atoms with Gasteiger partial charge in [-0.3, -0.25) is 0 Å². The fourth-order valence-electron chi connectivity index (χ4n) is 3.67. The molecule has 0 saturated heterocycles. The van der Waals surface area contributed by atoms with Gasteiger partial charge in [-0.1, -0.05) is 29.4 Å². The molecule has 10 nitrogen and oxygen atoms in total. The van der Waals surface area contributed by atoms with Crippen LogP contribution in [0.3, 0.4) is 0 Å². The number of hydrogen-bond donors (Lipinski definition) is 0. The van der Waals surface area contributed by atoms with Crippen LogP contribution in [-0.2, 0) is 13.2 Å². The molecule has 0 saturated carbocycles. The van der Waals surface area contributed by atoms with E-state index in [-0.39, 0.29) is 30.6 Å². The van der Waals surface area contributed by atoms with Gasteiger partial charge in [-0.25, -0.2) is 13.9 Å². The van der Waals surface area contributed by atoms with Gasteiger partial charge < -0.3 is 18.7 Å². The van der Waals surface area contributed by atoms with Gasteiger partial charge in [0.15, 0.2) is 29.6 Å². The molecule has 0 spiro atoms. The van der Waals surface area contributed by atoms with Crippen molar-refractivity contribution in [1.82, 2.24) is 24.3 Å². The van der Waals surface area contributed by atoms with Gasteiger partial charge in [0.2, 0.25) is 0 Å². The van der Waals surface area contributed by atoms with Crippen molar-refractivity contribution in [3.63, 3.8) is 0 Å². The molecule has 0 amide bonds. The van der Waals surface area contributed by atoms with Crippen LogP contribution in [0.4, 0.5) is 13.2 Å². The van der Waals surface area contributed by atoms with Gasteiger partial charge in [0.05, 0.1) is 6.61 Å². The number of halogens is 3. The van der Waals surface area contributed by atoms with Crippen molar-refractivity contribution in [2.75, 3.05) is 6.61 Å². The van der Waals surface area contributed by atoms with E-state index in [4.69, 9.17) is 14.0 Å². The Balaban J connectivity index is 1.29. The maximum Gasteiger partial charge on any atom is 0.573 e. The summed E-state index contributed by atoms with van der Waals surface area (Å²) in [5.41, 5.74) is 1.11. The van der Waals surface area contributed by atoms with Gasteiger partial charge in [0, 0.05) is 6.20 Å². The van der Waals surface area contributed by atoms with Gasteiger partial charge in [-0.05, 0) is 54.4 Å². The Morgan fingerprint density at radius 1 is 0.947 bits per heavy atom. The van der Waals surface area contributed by atoms with Crippen LogP contribution in [0.15, 0.2) is 76.2 Å². The van der Waals surface area contributed by atoms with Gasteiger partial charge in [-0.2, -0.15) is 4.98 Å². The summed E-state index contributed by atoms with van der Waals surface area (Å²) in [7, 11) is 0. The van der Waals surface area contributed by atoms with Gasteiger partial charge in [0.1, 0.15) is 12.3 Å². The Morgan fingerprint density at radius 2 is 1.66 bits per heavy atom. The summed E-state index contributed by atoms with van der Waals surface area (Å²) >= 11 is 0. The van der Waals surface area contributed by atoms with Crippen LogP contribution < -0.4 is 19.9 Å². The molecule has 0 radical (unpaired) electrons. The standard InChI is InChI=1S/C25H20F3N5O5/c1-2-35-19-5-3-4-6-20(19)36-15-23-29-21(31-38-23)14-33-24(34)32-13-17(9-12-22(32)30-33)16-7-10-18(11-8-16)37-25(26,27)28/h3-13H,2,14-15H2,1H3. The largest absolute Gasteiger partial charge is 0.573 e. The van der Waals surface area contributed by atoms with Crippen molar-refractivity contribution in [3.8, 4) is 28.4 Å². The molecule has 0 bridgehead atoms. The van der Waals surface area contributed by atoms with Crippen LogP contribution in [0.25, 0.3) is 16.8 Å². The molecule has 0 fully saturated rings. The molecule has 3 aromatic heterocycles. The Kier molecular flexibility index (Phi) is 6.73. The second kappa shape index (κ2) is 10.3. The fourth-order valence-corrected chi connectivity index (χ4v) is 3.67. The van der Waals surface area contributed by atoms with E-state index in [9.17, 15) is 18.0 Å². The molecular formula is C25H20F3N5O5. The van der Waals surface area contributed by atoms with E-state index in [2.05, 4.69) is 20.0 Å². The Labute approximate surface area is 212 Å². The molecule has 0 aliphatic carbocycles. The molecule has 0 aliphatic heterocycles.